The van der Waals surface area contributed by atoms with Crippen LogP contribution in [0, 0.1) is 5.92 Å². The van der Waals surface area contributed by atoms with Gasteiger partial charge in [0.05, 0.1) is 13.2 Å². The van der Waals surface area contributed by atoms with Crippen molar-refractivity contribution in [2.45, 2.75) is 90.4 Å². The summed E-state index contributed by atoms with van der Waals surface area (Å²) in [6.45, 7) is 10.0. The SMILES string of the molecule is CCCCCCCCC(CCCOCC1CO1)C(OCC)(OCC)c1ccccc1. The number of epoxide rings is 1. The van der Waals surface area contributed by atoms with Gasteiger partial charge in [-0.25, -0.2) is 0 Å². The summed E-state index contributed by atoms with van der Waals surface area (Å²) in [6.07, 6.45) is 11.3. The summed E-state index contributed by atoms with van der Waals surface area (Å²) >= 11 is 0. The van der Waals surface area contributed by atoms with Gasteiger partial charge in [0.25, 0.3) is 0 Å². The molecule has 4 nitrogen and oxygen atoms in total. The largest absolute Gasteiger partial charge is 0.379 e. The molecular weight excluding hydrogens is 376 g/mol. The standard InChI is InChI=1S/C26H44O4/c1-4-7-8-9-10-12-16-24(19-15-20-27-21-25-22-28-25)26(29-5-2,30-6-3)23-17-13-11-14-18-23/h11,13-14,17-18,24-25H,4-10,12,15-16,19-22H2,1-3H3. The zero-order chi connectivity index (χ0) is 21.5. The summed E-state index contributed by atoms with van der Waals surface area (Å²) in [5.41, 5.74) is 1.14. The van der Waals surface area contributed by atoms with E-state index in [1.54, 1.807) is 0 Å². The molecule has 1 fully saturated rings. The van der Waals surface area contributed by atoms with Crippen LogP contribution in [0.1, 0.15) is 84.1 Å². The quantitative estimate of drug-likeness (QED) is 0.146. The van der Waals surface area contributed by atoms with Crippen LogP contribution in [0.4, 0.5) is 0 Å². The summed E-state index contributed by atoms with van der Waals surface area (Å²) in [5.74, 6) is -0.361. The van der Waals surface area contributed by atoms with Gasteiger partial charge >= 0.3 is 0 Å². The molecule has 1 aromatic carbocycles. The van der Waals surface area contributed by atoms with Crippen LogP contribution in [0.5, 0.6) is 0 Å². The first kappa shape index (κ1) is 25.3. The molecule has 0 aromatic heterocycles. The number of benzene rings is 1. The van der Waals surface area contributed by atoms with E-state index in [1.807, 2.05) is 0 Å². The van der Waals surface area contributed by atoms with E-state index in [9.17, 15) is 0 Å². The Balaban J connectivity index is 2.04. The molecule has 1 aliphatic rings. The van der Waals surface area contributed by atoms with E-state index < -0.39 is 5.79 Å². The first-order chi connectivity index (χ1) is 14.8. The van der Waals surface area contributed by atoms with Gasteiger partial charge in [-0.1, -0.05) is 75.8 Å². The minimum Gasteiger partial charge on any atom is -0.379 e. The predicted molar refractivity (Wildman–Crippen MR) is 123 cm³/mol. The van der Waals surface area contributed by atoms with Crippen molar-refractivity contribution in [2.75, 3.05) is 33.0 Å². The lowest BCUT2D eigenvalue weighted by Gasteiger charge is -2.41. The average molecular weight is 421 g/mol. The Morgan fingerprint density at radius 2 is 1.53 bits per heavy atom. The zero-order valence-corrected chi connectivity index (χ0v) is 19.6. The average Bonchev–Trinajstić information content (AvgIpc) is 3.59. The van der Waals surface area contributed by atoms with Crippen molar-refractivity contribution in [1.82, 2.24) is 0 Å². The minimum atomic E-state index is -0.673. The van der Waals surface area contributed by atoms with Crippen molar-refractivity contribution in [3.8, 4) is 0 Å². The van der Waals surface area contributed by atoms with Gasteiger partial charge in [-0.15, -0.1) is 0 Å². The number of rotatable bonds is 19. The first-order valence-electron chi connectivity index (χ1n) is 12.3. The third-order valence-corrected chi connectivity index (χ3v) is 5.88. The van der Waals surface area contributed by atoms with E-state index in [1.165, 1.54) is 38.5 Å². The second-order valence-corrected chi connectivity index (χ2v) is 8.33. The second-order valence-electron chi connectivity index (χ2n) is 8.33. The summed E-state index contributed by atoms with van der Waals surface area (Å²) < 4.78 is 23.9. The molecule has 0 aliphatic carbocycles. The molecule has 2 rings (SSSR count). The minimum absolute atomic E-state index is 0.312. The van der Waals surface area contributed by atoms with E-state index >= 15 is 0 Å². The zero-order valence-electron chi connectivity index (χ0n) is 19.6. The normalized spacial score (nSPS) is 17.2. The molecule has 0 spiro atoms. The van der Waals surface area contributed by atoms with E-state index in [-0.39, 0.29) is 0 Å². The smallest absolute Gasteiger partial charge is 0.197 e. The van der Waals surface area contributed by atoms with Gasteiger partial charge < -0.3 is 18.9 Å². The van der Waals surface area contributed by atoms with Crippen LogP contribution in [0.15, 0.2) is 30.3 Å². The molecule has 172 valence electrons. The van der Waals surface area contributed by atoms with Gasteiger partial charge in [-0.05, 0) is 33.1 Å². The molecule has 0 saturated carbocycles. The number of ether oxygens (including phenoxy) is 4. The third-order valence-electron chi connectivity index (χ3n) is 5.88. The molecule has 0 radical (unpaired) electrons. The maximum Gasteiger partial charge on any atom is 0.197 e. The van der Waals surface area contributed by atoms with Crippen molar-refractivity contribution in [2.24, 2.45) is 5.92 Å². The Kier molecular flexibility index (Phi) is 12.6. The topological polar surface area (TPSA) is 40.2 Å². The van der Waals surface area contributed by atoms with Crippen molar-refractivity contribution in [3.05, 3.63) is 35.9 Å². The van der Waals surface area contributed by atoms with Gasteiger partial charge in [0, 0.05) is 31.3 Å². The van der Waals surface area contributed by atoms with Crippen LogP contribution >= 0.6 is 0 Å². The fraction of sp³-hybridized carbons (Fsp3) is 0.769. The summed E-state index contributed by atoms with van der Waals surface area (Å²) in [5, 5.41) is 0. The van der Waals surface area contributed by atoms with Gasteiger partial charge in [-0.3, -0.25) is 0 Å². The van der Waals surface area contributed by atoms with E-state index in [2.05, 4.69) is 51.1 Å². The van der Waals surface area contributed by atoms with Gasteiger partial charge in [0.2, 0.25) is 0 Å². The van der Waals surface area contributed by atoms with Crippen molar-refractivity contribution >= 4 is 0 Å². The van der Waals surface area contributed by atoms with Crippen molar-refractivity contribution in [3.63, 3.8) is 0 Å². The highest BCUT2D eigenvalue weighted by atomic mass is 16.7. The van der Waals surface area contributed by atoms with Crippen LogP contribution in [0.25, 0.3) is 0 Å². The molecule has 1 aliphatic heterocycles. The highest BCUT2D eigenvalue weighted by molar-refractivity contribution is 5.21. The van der Waals surface area contributed by atoms with Crippen LogP contribution in [-0.2, 0) is 24.7 Å². The molecule has 30 heavy (non-hydrogen) atoms. The summed E-state index contributed by atoms with van der Waals surface area (Å²) in [6, 6.07) is 10.5. The Hall–Kier alpha value is -0.940. The van der Waals surface area contributed by atoms with Crippen molar-refractivity contribution in [1.29, 1.82) is 0 Å². The Morgan fingerprint density at radius 3 is 2.17 bits per heavy atom. The molecular formula is C26H44O4. The third kappa shape index (κ3) is 8.66. The van der Waals surface area contributed by atoms with E-state index in [4.69, 9.17) is 18.9 Å². The van der Waals surface area contributed by atoms with Crippen LogP contribution in [0.2, 0.25) is 0 Å². The Labute approximate surface area is 184 Å². The Morgan fingerprint density at radius 1 is 0.900 bits per heavy atom. The maximum atomic E-state index is 6.44. The second kappa shape index (κ2) is 15.0. The van der Waals surface area contributed by atoms with Gasteiger partial charge in [0.1, 0.15) is 6.10 Å². The van der Waals surface area contributed by atoms with Crippen LogP contribution < -0.4 is 0 Å². The summed E-state index contributed by atoms with van der Waals surface area (Å²) in [4.78, 5) is 0. The fourth-order valence-electron chi connectivity index (χ4n) is 4.29. The van der Waals surface area contributed by atoms with Crippen LogP contribution in [-0.4, -0.2) is 39.1 Å². The van der Waals surface area contributed by atoms with E-state index in [0.29, 0.717) is 25.2 Å². The monoisotopic (exact) mass is 420 g/mol. The lowest BCUT2D eigenvalue weighted by Crippen LogP contribution is -2.41. The van der Waals surface area contributed by atoms with Crippen LogP contribution in [0.3, 0.4) is 0 Å². The molecule has 1 saturated heterocycles. The summed E-state index contributed by atoms with van der Waals surface area (Å²) in [7, 11) is 0. The van der Waals surface area contributed by atoms with Gasteiger partial charge in [0.15, 0.2) is 5.79 Å². The highest BCUT2D eigenvalue weighted by Crippen LogP contribution is 2.41. The molecule has 4 heteroatoms. The molecule has 2 unspecified atom stereocenters. The lowest BCUT2D eigenvalue weighted by atomic mass is 9.83. The Bertz CT molecular complexity index is 523. The number of hydrogen-bond donors (Lipinski definition) is 0. The molecule has 1 heterocycles. The molecule has 0 amide bonds. The highest BCUT2D eigenvalue weighted by Gasteiger charge is 2.41. The first-order valence-corrected chi connectivity index (χ1v) is 12.3. The van der Waals surface area contributed by atoms with Crippen molar-refractivity contribution < 1.29 is 18.9 Å². The molecule has 0 N–H and O–H groups in total. The maximum absolute atomic E-state index is 6.44. The number of hydrogen-bond acceptors (Lipinski definition) is 4. The fourth-order valence-corrected chi connectivity index (χ4v) is 4.29. The lowest BCUT2D eigenvalue weighted by molar-refractivity contribution is -0.277. The molecule has 1 aromatic rings. The number of unbranched alkanes of at least 4 members (excludes halogenated alkanes) is 5. The predicted octanol–water partition coefficient (Wildman–Crippen LogP) is 6.47. The van der Waals surface area contributed by atoms with Gasteiger partial charge in [-0.2, -0.15) is 0 Å². The molecule has 0 bridgehead atoms. The molecule has 2 atom stereocenters. The van der Waals surface area contributed by atoms with E-state index in [0.717, 1.165) is 44.6 Å².